The molecule has 0 bridgehead atoms. The number of carbonyl (C=O) groups is 1. The molecule has 0 spiro atoms. The smallest absolute Gasteiger partial charge is 0.343 e. The van der Waals surface area contributed by atoms with Crippen LogP contribution in [0.5, 0.6) is 0 Å². The molecule has 0 amide bonds. The number of furan rings is 1. The molecule has 2 N–H and O–H groups in total. The topological polar surface area (TPSA) is 65.5 Å². The average molecular weight is 259 g/mol. The van der Waals surface area contributed by atoms with Gasteiger partial charge in [-0.3, -0.25) is 0 Å². The Bertz CT molecular complexity index is 573. The number of hydrogen-bond acceptors (Lipinski definition) is 4. The summed E-state index contributed by atoms with van der Waals surface area (Å²) in [4.78, 5) is 11.9. The number of rotatable bonds is 4. The Morgan fingerprint density at radius 3 is 2.63 bits per heavy atom. The molecule has 2 rings (SSSR count). The molecule has 0 fully saturated rings. The van der Waals surface area contributed by atoms with Crippen molar-refractivity contribution in [1.82, 2.24) is 0 Å². The molecule has 4 heteroatoms. The Balaban J connectivity index is 2.38. The molecular weight excluding hydrogens is 242 g/mol. The summed E-state index contributed by atoms with van der Waals surface area (Å²) < 4.78 is 10.6. The molecule has 0 aliphatic carbocycles. The number of anilines is 1. The summed E-state index contributed by atoms with van der Waals surface area (Å²) in [5, 5.41) is 0. The van der Waals surface area contributed by atoms with Gasteiger partial charge in [0.2, 0.25) is 5.88 Å². The second kappa shape index (κ2) is 5.61. The standard InChI is InChI=1S/C15H17NO3/c1-3-9-18-15(17)12-10(2)13(19-14(12)16)11-7-5-4-6-8-11/h4-8H,3,9,16H2,1-2H3. The molecule has 0 aliphatic heterocycles. The molecule has 19 heavy (non-hydrogen) atoms. The van der Waals surface area contributed by atoms with Crippen LogP contribution in [0.1, 0.15) is 29.3 Å². The maximum atomic E-state index is 11.9. The average Bonchev–Trinajstić information content (AvgIpc) is 2.72. The van der Waals surface area contributed by atoms with Crippen molar-refractivity contribution in [1.29, 1.82) is 0 Å². The summed E-state index contributed by atoms with van der Waals surface area (Å²) in [5.41, 5.74) is 7.71. The normalized spacial score (nSPS) is 10.4. The highest BCUT2D eigenvalue weighted by molar-refractivity contribution is 5.97. The summed E-state index contributed by atoms with van der Waals surface area (Å²) in [6.07, 6.45) is 0.772. The van der Waals surface area contributed by atoms with Gasteiger partial charge in [-0.1, -0.05) is 37.3 Å². The zero-order chi connectivity index (χ0) is 13.8. The monoisotopic (exact) mass is 259 g/mol. The molecule has 0 unspecified atom stereocenters. The van der Waals surface area contributed by atoms with Crippen LogP contribution < -0.4 is 5.73 Å². The predicted octanol–water partition coefficient (Wildman–Crippen LogP) is 3.40. The fourth-order valence-corrected chi connectivity index (χ4v) is 1.92. The van der Waals surface area contributed by atoms with Crippen LogP contribution in [0, 0.1) is 6.92 Å². The second-order valence-electron chi connectivity index (χ2n) is 4.30. The van der Waals surface area contributed by atoms with Gasteiger partial charge in [0.1, 0.15) is 11.3 Å². The maximum Gasteiger partial charge on any atom is 0.343 e. The summed E-state index contributed by atoms with van der Waals surface area (Å²) >= 11 is 0. The lowest BCUT2D eigenvalue weighted by Crippen LogP contribution is -2.08. The SMILES string of the molecule is CCCOC(=O)c1c(N)oc(-c2ccccc2)c1C. The van der Waals surface area contributed by atoms with Crippen LogP contribution in [-0.4, -0.2) is 12.6 Å². The number of benzene rings is 1. The van der Waals surface area contributed by atoms with E-state index >= 15 is 0 Å². The van der Waals surface area contributed by atoms with E-state index in [4.69, 9.17) is 14.9 Å². The van der Waals surface area contributed by atoms with E-state index in [1.807, 2.05) is 44.2 Å². The second-order valence-corrected chi connectivity index (χ2v) is 4.30. The third kappa shape index (κ3) is 2.62. The van der Waals surface area contributed by atoms with Gasteiger partial charge in [-0.15, -0.1) is 0 Å². The van der Waals surface area contributed by atoms with Crippen LogP contribution in [0.15, 0.2) is 34.7 Å². The van der Waals surface area contributed by atoms with E-state index in [2.05, 4.69) is 0 Å². The molecule has 0 saturated heterocycles. The molecule has 1 aromatic carbocycles. The van der Waals surface area contributed by atoms with E-state index < -0.39 is 5.97 Å². The van der Waals surface area contributed by atoms with Crippen LogP contribution in [0.4, 0.5) is 5.88 Å². The number of nitrogens with two attached hydrogens (primary N) is 1. The molecule has 0 radical (unpaired) electrons. The van der Waals surface area contributed by atoms with Gasteiger partial charge in [0, 0.05) is 11.1 Å². The predicted molar refractivity (Wildman–Crippen MR) is 73.9 cm³/mol. The van der Waals surface area contributed by atoms with Crippen molar-refractivity contribution in [3.05, 3.63) is 41.5 Å². The molecule has 4 nitrogen and oxygen atoms in total. The van der Waals surface area contributed by atoms with E-state index in [1.54, 1.807) is 0 Å². The molecule has 100 valence electrons. The van der Waals surface area contributed by atoms with E-state index in [9.17, 15) is 4.79 Å². The van der Waals surface area contributed by atoms with E-state index in [0.29, 0.717) is 23.5 Å². The highest BCUT2D eigenvalue weighted by atomic mass is 16.5. The minimum Gasteiger partial charge on any atom is -0.462 e. The molecule has 1 aromatic heterocycles. The Kier molecular flexibility index (Phi) is 3.90. The van der Waals surface area contributed by atoms with Crippen molar-refractivity contribution < 1.29 is 13.9 Å². The van der Waals surface area contributed by atoms with Gasteiger partial charge >= 0.3 is 5.97 Å². The minimum absolute atomic E-state index is 0.109. The highest BCUT2D eigenvalue weighted by Crippen LogP contribution is 2.32. The number of nitrogen functional groups attached to an aromatic ring is 1. The molecule has 2 aromatic rings. The first-order valence-electron chi connectivity index (χ1n) is 6.26. The van der Waals surface area contributed by atoms with Gasteiger partial charge in [0.25, 0.3) is 0 Å². The van der Waals surface area contributed by atoms with Crippen LogP contribution in [0.2, 0.25) is 0 Å². The van der Waals surface area contributed by atoms with E-state index in [-0.39, 0.29) is 5.88 Å². The molecule has 0 atom stereocenters. The van der Waals surface area contributed by atoms with Crippen molar-refractivity contribution in [2.45, 2.75) is 20.3 Å². The number of hydrogen-bond donors (Lipinski definition) is 1. The third-order valence-electron chi connectivity index (χ3n) is 2.85. The Hall–Kier alpha value is -2.23. The van der Waals surface area contributed by atoms with Crippen LogP contribution in [0.25, 0.3) is 11.3 Å². The first kappa shape index (κ1) is 13.2. The van der Waals surface area contributed by atoms with Gasteiger partial charge in [0.05, 0.1) is 6.61 Å². The van der Waals surface area contributed by atoms with Gasteiger partial charge in [-0.25, -0.2) is 4.79 Å². The molecular formula is C15H17NO3. The van der Waals surface area contributed by atoms with E-state index in [0.717, 1.165) is 12.0 Å². The molecule has 1 heterocycles. The summed E-state index contributed by atoms with van der Waals surface area (Å²) in [6.45, 7) is 4.13. The van der Waals surface area contributed by atoms with Gasteiger partial charge in [0.15, 0.2) is 0 Å². The number of carbonyl (C=O) groups excluding carboxylic acids is 1. The Labute approximate surface area is 112 Å². The van der Waals surface area contributed by atoms with Gasteiger partial charge in [-0.2, -0.15) is 0 Å². The van der Waals surface area contributed by atoms with Crippen molar-refractivity contribution in [3.63, 3.8) is 0 Å². The summed E-state index contributed by atoms with van der Waals surface area (Å²) in [6, 6.07) is 9.55. The van der Waals surface area contributed by atoms with Crippen LogP contribution >= 0.6 is 0 Å². The van der Waals surface area contributed by atoms with E-state index in [1.165, 1.54) is 0 Å². The summed E-state index contributed by atoms with van der Waals surface area (Å²) in [7, 11) is 0. The highest BCUT2D eigenvalue weighted by Gasteiger charge is 2.23. The lowest BCUT2D eigenvalue weighted by molar-refractivity contribution is 0.0505. The maximum absolute atomic E-state index is 11.9. The van der Waals surface area contributed by atoms with Gasteiger partial charge in [-0.05, 0) is 13.3 Å². The number of ether oxygens (including phenoxy) is 1. The summed E-state index contributed by atoms with van der Waals surface area (Å²) in [5.74, 6) is 0.293. The lowest BCUT2D eigenvalue weighted by atomic mass is 10.1. The lowest BCUT2D eigenvalue weighted by Gasteiger charge is -2.02. The fraction of sp³-hybridized carbons (Fsp3) is 0.267. The van der Waals surface area contributed by atoms with Crippen molar-refractivity contribution in [2.75, 3.05) is 12.3 Å². The first-order chi connectivity index (χ1) is 9.15. The molecule has 0 saturated carbocycles. The Morgan fingerprint density at radius 1 is 1.32 bits per heavy atom. The van der Waals surface area contributed by atoms with Crippen LogP contribution in [0.3, 0.4) is 0 Å². The minimum atomic E-state index is -0.428. The fourth-order valence-electron chi connectivity index (χ4n) is 1.92. The Morgan fingerprint density at radius 2 is 2.00 bits per heavy atom. The quantitative estimate of drug-likeness (QED) is 0.854. The molecule has 0 aliphatic rings. The largest absolute Gasteiger partial charge is 0.462 e. The number of esters is 1. The van der Waals surface area contributed by atoms with Crippen LogP contribution in [-0.2, 0) is 4.74 Å². The van der Waals surface area contributed by atoms with Crippen molar-refractivity contribution >= 4 is 11.9 Å². The first-order valence-corrected chi connectivity index (χ1v) is 6.26. The zero-order valence-electron chi connectivity index (χ0n) is 11.1. The zero-order valence-corrected chi connectivity index (χ0v) is 11.1. The van der Waals surface area contributed by atoms with Gasteiger partial charge < -0.3 is 14.9 Å². The van der Waals surface area contributed by atoms with Crippen molar-refractivity contribution in [3.8, 4) is 11.3 Å². The third-order valence-corrected chi connectivity index (χ3v) is 2.85. The van der Waals surface area contributed by atoms with Crippen molar-refractivity contribution in [2.24, 2.45) is 0 Å².